The Kier molecular flexibility index (Phi) is 6.76. The average Bonchev–Trinajstić information content (AvgIpc) is 2.68. The summed E-state index contributed by atoms with van der Waals surface area (Å²) in [5.41, 5.74) is 0.211. The molecule has 0 saturated carbocycles. The van der Waals surface area contributed by atoms with Crippen molar-refractivity contribution in [1.29, 1.82) is 0 Å². The summed E-state index contributed by atoms with van der Waals surface area (Å²) in [6, 6.07) is 7.97. The highest BCUT2D eigenvalue weighted by Crippen LogP contribution is 2.34. The van der Waals surface area contributed by atoms with Gasteiger partial charge in [-0.05, 0) is 38.1 Å². The van der Waals surface area contributed by atoms with Crippen LogP contribution in [0.5, 0.6) is 5.75 Å². The molecular formula is C21H20BrClN4O4. The van der Waals surface area contributed by atoms with Crippen molar-refractivity contribution < 1.29 is 9.66 Å². The molecule has 0 spiro atoms. The van der Waals surface area contributed by atoms with Crippen LogP contribution in [0.4, 0.5) is 5.69 Å². The zero-order valence-electron chi connectivity index (χ0n) is 17.3. The second-order valence-corrected chi connectivity index (χ2v) is 8.77. The van der Waals surface area contributed by atoms with Crippen LogP contribution < -0.4 is 10.3 Å². The summed E-state index contributed by atoms with van der Waals surface area (Å²) < 4.78 is 7.61. The average molecular weight is 508 g/mol. The summed E-state index contributed by atoms with van der Waals surface area (Å²) in [6.07, 6.45) is 1.01. The summed E-state index contributed by atoms with van der Waals surface area (Å²) in [7, 11) is 0. The van der Waals surface area contributed by atoms with E-state index in [4.69, 9.17) is 16.3 Å². The molecule has 0 aliphatic rings. The molecule has 8 nitrogen and oxygen atoms in total. The highest BCUT2D eigenvalue weighted by Gasteiger charge is 2.22. The summed E-state index contributed by atoms with van der Waals surface area (Å²) in [5.74, 6) is 0.390. The fraction of sp³-hybridized carbons (Fsp3) is 0.286. The molecule has 0 aliphatic carbocycles. The van der Waals surface area contributed by atoms with Crippen LogP contribution in [0, 0.1) is 10.1 Å². The molecule has 0 fully saturated rings. The number of fused-ring (bicyclic) bond motifs is 1. The molecule has 0 aliphatic heterocycles. The van der Waals surface area contributed by atoms with Gasteiger partial charge in [-0.3, -0.25) is 14.9 Å². The number of hydrogen-bond acceptors (Lipinski definition) is 6. The summed E-state index contributed by atoms with van der Waals surface area (Å²) >= 11 is 9.45. The highest BCUT2D eigenvalue weighted by atomic mass is 79.9. The lowest BCUT2D eigenvalue weighted by molar-refractivity contribution is -0.386. The molecule has 3 rings (SSSR count). The van der Waals surface area contributed by atoms with Gasteiger partial charge < -0.3 is 4.74 Å². The first kappa shape index (κ1) is 22.9. The number of nitrogens with zero attached hydrogens (tertiary/aromatic N) is 4. The van der Waals surface area contributed by atoms with Crippen LogP contribution >= 0.6 is 27.5 Å². The fourth-order valence-electron chi connectivity index (χ4n) is 2.97. The number of benzene rings is 2. The van der Waals surface area contributed by atoms with Crippen LogP contribution in [0.25, 0.3) is 10.9 Å². The first-order valence-corrected chi connectivity index (χ1v) is 10.7. The Bertz CT molecular complexity index is 1250. The van der Waals surface area contributed by atoms with Crippen LogP contribution in [-0.2, 0) is 0 Å². The molecule has 3 aromatic rings. The van der Waals surface area contributed by atoms with E-state index in [0.29, 0.717) is 16.7 Å². The van der Waals surface area contributed by atoms with Crippen molar-refractivity contribution in [2.45, 2.75) is 39.7 Å². The SMILES string of the molecule is CC(C)Oc1c(C=Nn2c(C(C)C)nc3ccc(Br)cc3c2=O)cc(Cl)cc1[N+](=O)[O-]. The first-order chi connectivity index (χ1) is 14.6. The van der Waals surface area contributed by atoms with E-state index in [-0.39, 0.29) is 39.6 Å². The first-order valence-electron chi connectivity index (χ1n) is 9.49. The van der Waals surface area contributed by atoms with Gasteiger partial charge in [0.15, 0.2) is 0 Å². The van der Waals surface area contributed by atoms with E-state index in [2.05, 4.69) is 26.0 Å². The van der Waals surface area contributed by atoms with E-state index >= 15 is 0 Å². The van der Waals surface area contributed by atoms with Gasteiger partial charge in [0, 0.05) is 27.0 Å². The van der Waals surface area contributed by atoms with Crippen molar-refractivity contribution in [3.05, 3.63) is 71.7 Å². The number of nitro groups is 1. The Labute approximate surface area is 191 Å². The molecule has 10 heteroatoms. The van der Waals surface area contributed by atoms with Gasteiger partial charge in [-0.25, -0.2) is 4.98 Å². The third kappa shape index (κ3) is 4.94. The minimum absolute atomic E-state index is 0.0313. The lowest BCUT2D eigenvalue weighted by atomic mass is 10.1. The van der Waals surface area contributed by atoms with Crippen LogP contribution in [0.15, 0.2) is 44.7 Å². The van der Waals surface area contributed by atoms with Gasteiger partial charge in [0.1, 0.15) is 5.82 Å². The van der Waals surface area contributed by atoms with E-state index in [1.165, 1.54) is 23.0 Å². The molecule has 1 heterocycles. The van der Waals surface area contributed by atoms with Gasteiger partial charge in [0.25, 0.3) is 5.56 Å². The van der Waals surface area contributed by atoms with E-state index in [0.717, 1.165) is 4.47 Å². The lowest BCUT2D eigenvalue weighted by Crippen LogP contribution is -2.23. The molecule has 31 heavy (non-hydrogen) atoms. The van der Waals surface area contributed by atoms with E-state index in [1.807, 2.05) is 19.9 Å². The molecule has 0 atom stereocenters. The maximum absolute atomic E-state index is 13.2. The van der Waals surface area contributed by atoms with Crippen LogP contribution in [0.3, 0.4) is 0 Å². The van der Waals surface area contributed by atoms with Crippen molar-refractivity contribution in [2.24, 2.45) is 5.10 Å². The zero-order valence-corrected chi connectivity index (χ0v) is 19.6. The van der Waals surface area contributed by atoms with E-state index in [9.17, 15) is 14.9 Å². The van der Waals surface area contributed by atoms with Crippen molar-refractivity contribution in [3.8, 4) is 5.75 Å². The minimum atomic E-state index is -0.568. The predicted molar refractivity (Wildman–Crippen MR) is 125 cm³/mol. The summed E-state index contributed by atoms with van der Waals surface area (Å²) in [5, 5.41) is 16.4. The number of hydrogen-bond donors (Lipinski definition) is 0. The van der Waals surface area contributed by atoms with Gasteiger partial charge >= 0.3 is 5.69 Å². The Hall–Kier alpha value is -2.78. The molecule has 2 aromatic carbocycles. The molecule has 1 aromatic heterocycles. The normalized spacial score (nSPS) is 11.7. The Balaban J connectivity index is 2.24. The van der Waals surface area contributed by atoms with E-state index < -0.39 is 4.92 Å². The predicted octanol–water partition coefficient (Wildman–Crippen LogP) is 5.51. The minimum Gasteiger partial charge on any atom is -0.484 e. The Morgan fingerprint density at radius 1 is 1.26 bits per heavy atom. The third-order valence-electron chi connectivity index (χ3n) is 4.28. The van der Waals surface area contributed by atoms with Gasteiger partial charge in [-0.2, -0.15) is 9.78 Å². The van der Waals surface area contributed by atoms with Gasteiger partial charge in [0.2, 0.25) is 5.75 Å². The molecule has 162 valence electrons. The smallest absolute Gasteiger partial charge is 0.313 e. The third-order valence-corrected chi connectivity index (χ3v) is 4.99. The van der Waals surface area contributed by atoms with Crippen molar-refractivity contribution in [3.63, 3.8) is 0 Å². The maximum atomic E-state index is 13.2. The van der Waals surface area contributed by atoms with Gasteiger partial charge in [-0.1, -0.05) is 41.4 Å². The van der Waals surface area contributed by atoms with Gasteiger partial charge in [-0.15, -0.1) is 0 Å². The Morgan fingerprint density at radius 3 is 2.58 bits per heavy atom. The number of aromatic nitrogens is 2. The highest BCUT2D eigenvalue weighted by molar-refractivity contribution is 9.10. The molecule has 0 bridgehead atoms. The van der Waals surface area contributed by atoms with E-state index in [1.54, 1.807) is 26.0 Å². The van der Waals surface area contributed by atoms with Crippen LogP contribution in [0.1, 0.15) is 45.0 Å². The molecule has 0 N–H and O–H groups in total. The standard InChI is InChI=1S/C21H20BrClN4O4/c1-11(2)20-25-17-6-5-14(22)8-16(17)21(28)26(20)24-10-13-7-15(23)9-18(27(29)30)19(13)31-12(3)4/h5-12H,1-4H3. The number of rotatable bonds is 6. The largest absolute Gasteiger partial charge is 0.484 e. The van der Waals surface area contributed by atoms with Crippen molar-refractivity contribution in [2.75, 3.05) is 0 Å². The van der Waals surface area contributed by atoms with Crippen molar-refractivity contribution >= 4 is 50.3 Å². The quantitative estimate of drug-likeness (QED) is 0.249. The number of ether oxygens (including phenoxy) is 1. The number of halogens is 2. The molecule has 0 amide bonds. The maximum Gasteiger partial charge on any atom is 0.313 e. The monoisotopic (exact) mass is 506 g/mol. The topological polar surface area (TPSA) is 99.6 Å². The molecule has 0 unspecified atom stereocenters. The molecular weight excluding hydrogens is 488 g/mol. The zero-order chi connectivity index (χ0) is 22.9. The van der Waals surface area contributed by atoms with Crippen LogP contribution in [-0.4, -0.2) is 26.9 Å². The second kappa shape index (κ2) is 9.15. The summed E-state index contributed by atoms with van der Waals surface area (Å²) in [4.78, 5) is 28.7. The summed E-state index contributed by atoms with van der Waals surface area (Å²) in [6.45, 7) is 7.31. The second-order valence-electron chi connectivity index (χ2n) is 7.41. The lowest BCUT2D eigenvalue weighted by Gasteiger charge is -2.14. The Morgan fingerprint density at radius 2 is 1.97 bits per heavy atom. The molecule has 0 saturated heterocycles. The van der Waals surface area contributed by atoms with Crippen LogP contribution in [0.2, 0.25) is 5.02 Å². The van der Waals surface area contributed by atoms with Crippen molar-refractivity contribution in [1.82, 2.24) is 9.66 Å². The fourth-order valence-corrected chi connectivity index (χ4v) is 3.55. The molecule has 0 radical (unpaired) electrons. The number of nitro benzene ring substituents is 1. The van der Waals surface area contributed by atoms with Gasteiger partial charge in [0.05, 0.1) is 28.1 Å².